The van der Waals surface area contributed by atoms with E-state index in [0.29, 0.717) is 25.3 Å². The number of aliphatic hydroxyl groups excluding tert-OH is 1. The van der Waals surface area contributed by atoms with E-state index in [-0.39, 0.29) is 12.5 Å². The molecule has 1 fully saturated rings. The summed E-state index contributed by atoms with van der Waals surface area (Å²) in [5.41, 5.74) is 7.18. The summed E-state index contributed by atoms with van der Waals surface area (Å²) >= 11 is 0. The number of hydrogen-bond acceptors (Lipinski definition) is 4. The molecule has 1 aliphatic heterocycles. The van der Waals surface area contributed by atoms with Gasteiger partial charge in [0.2, 0.25) is 5.91 Å². The van der Waals surface area contributed by atoms with Crippen molar-refractivity contribution in [2.24, 2.45) is 0 Å². The maximum absolute atomic E-state index is 11.9. The van der Waals surface area contributed by atoms with Crippen molar-refractivity contribution in [2.75, 3.05) is 25.4 Å². The standard InChI is InChI=1S/C15H22N4O3/c16-12-5-3-11(4-6-12)8-17-15(22)18-9-14(21)19-7-1-2-13(20)10-19/h3-6,13,20H,1-2,7-10,16H2,(H2,17,18,22). The highest BCUT2D eigenvalue weighted by molar-refractivity contribution is 5.84. The molecule has 1 aromatic rings. The van der Waals surface area contributed by atoms with Crippen molar-refractivity contribution < 1.29 is 14.7 Å². The summed E-state index contributed by atoms with van der Waals surface area (Å²) in [5.74, 6) is -0.179. The number of rotatable bonds is 4. The minimum atomic E-state index is -0.461. The lowest BCUT2D eigenvalue weighted by Gasteiger charge is -2.30. The molecule has 1 unspecified atom stereocenters. The van der Waals surface area contributed by atoms with Crippen molar-refractivity contribution in [3.05, 3.63) is 29.8 Å². The van der Waals surface area contributed by atoms with Gasteiger partial charge < -0.3 is 26.4 Å². The van der Waals surface area contributed by atoms with Crippen LogP contribution in [0.4, 0.5) is 10.5 Å². The molecule has 0 aromatic heterocycles. The van der Waals surface area contributed by atoms with Gasteiger partial charge >= 0.3 is 6.03 Å². The van der Waals surface area contributed by atoms with Crippen molar-refractivity contribution in [1.82, 2.24) is 15.5 Å². The van der Waals surface area contributed by atoms with Crippen molar-refractivity contribution in [3.8, 4) is 0 Å². The molecule has 0 saturated carbocycles. The third-order valence-electron chi connectivity index (χ3n) is 3.58. The van der Waals surface area contributed by atoms with E-state index in [4.69, 9.17) is 5.73 Å². The molecule has 1 atom stereocenters. The van der Waals surface area contributed by atoms with E-state index in [2.05, 4.69) is 10.6 Å². The summed E-state index contributed by atoms with van der Waals surface area (Å²) in [4.78, 5) is 25.2. The SMILES string of the molecule is Nc1ccc(CNC(=O)NCC(=O)N2CCCC(O)C2)cc1. The van der Waals surface area contributed by atoms with Gasteiger partial charge in [0.05, 0.1) is 12.6 Å². The van der Waals surface area contributed by atoms with Gasteiger partial charge in [-0.25, -0.2) is 4.79 Å². The van der Waals surface area contributed by atoms with Gasteiger partial charge in [-0.2, -0.15) is 0 Å². The number of nitrogen functional groups attached to an aromatic ring is 1. The lowest BCUT2D eigenvalue weighted by molar-refractivity contribution is -0.133. The predicted octanol–water partition coefficient (Wildman–Crippen LogP) is 0.0513. The quantitative estimate of drug-likeness (QED) is 0.590. The summed E-state index contributed by atoms with van der Waals surface area (Å²) in [5, 5.41) is 14.7. The van der Waals surface area contributed by atoms with Gasteiger partial charge in [0.25, 0.3) is 0 Å². The summed E-state index contributed by atoms with van der Waals surface area (Å²) in [6, 6.07) is 6.79. The fourth-order valence-electron chi connectivity index (χ4n) is 2.33. The number of piperidine rings is 1. The first-order valence-corrected chi connectivity index (χ1v) is 7.36. The molecular formula is C15H22N4O3. The highest BCUT2D eigenvalue weighted by atomic mass is 16.3. The minimum Gasteiger partial charge on any atom is -0.399 e. The van der Waals surface area contributed by atoms with E-state index in [1.807, 2.05) is 12.1 Å². The number of urea groups is 1. The van der Waals surface area contributed by atoms with E-state index in [1.54, 1.807) is 17.0 Å². The maximum Gasteiger partial charge on any atom is 0.315 e. The molecule has 120 valence electrons. The van der Waals surface area contributed by atoms with Crippen LogP contribution in [0.2, 0.25) is 0 Å². The van der Waals surface area contributed by atoms with Crippen molar-refractivity contribution in [2.45, 2.75) is 25.5 Å². The highest BCUT2D eigenvalue weighted by Gasteiger charge is 2.21. The average Bonchev–Trinajstić information content (AvgIpc) is 2.52. The second-order valence-corrected chi connectivity index (χ2v) is 5.41. The van der Waals surface area contributed by atoms with Gasteiger partial charge in [0.1, 0.15) is 0 Å². The monoisotopic (exact) mass is 306 g/mol. The number of hydrogen-bond donors (Lipinski definition) is 4. The predicted molar refractivity (Wildman–Crippen MR) is 82.9 cm³/mol. The van der Waals surface area contributed by atoms with Gasteiger partial charge in [-0.1, -0.05) is 12.1 Å². The van der Waals surface area contributed by atoms with Gasteiger partial charge in [0.15, 0.2) is 0 Å². The molecule has 2 rings (SSSR count). The molecule has 22 heavy (non-hydrogen) atoms. The highest BCUT2D eigenvalue weighted by Crippen LogP contribution is 2.09. The molecular weight excluding hydrogens is 284 g/mol. The van der Waals surface area contributed by atoms with Crippen LogP contribution in [-0.4, -0.2) is 47.7 Å². The first-order valence-electron chi connectivity index (χ1n) is 7.36. The number of amides is 3. The van der Waals surface area contributed by atoms with Gasteiger partial charge in [-0.05, 0) is 30.5 Å². The number of carbonyl (C=O) groups is 2. The Hall–Kier alpha value is -2.28. The number of likely N-dealkylation sites (tertiary alicyclic amines) is 1. The first-order chi connectivity index (χ1) is 10.5. The number of β-amino-alcohol motifs (C(OH)–C–C–N with tert-alkyl or cyclic N) is 1. The number of carbonyl (C=O) groups excluding carboxylic acids is 2. The fraction of sp³-hybridized carbons (Fsp3) is 0.467. The Kier molecular flexibility index (Phi) is 5.60. The lowest BCUT2D eigenvalue weighted by atomic mass is 10.1. The molecule has 0 bridgehead atoms. The first kappa shape index (κ1) is 16.1. The van der Waals surface area contributed by atoms with E-state index in [1.165, 1.54) is 0 Å². The summed E-state index contributed by atoms with van der Waals surface area (Å²) in [7, 11) is 0. The zero-order valence-electron chi connectivity index (χ0n) is 12.4. The largest absolute Gasteiger partial charge is 0.399 e. The number of benzene rings is 1. The maximum atomic E-state index is 11.9. The van der Waals surface area contributed by atoms with Crippen LogP contribution < -0.4 is 16.4 Å². The van der Waals surface area contributed by atoms with E-state index >= 15 is 0 Å². The number of nitrogens with two attached hydrogens (primary N) is 1. The molecule has 0 aliphatic carbocycles. The van der Waals surface area contributed by atoms with Crippen molar-refractivity contribution in [1.29, 1.82) is 0 Å². The summed E-state index contributed by atoms with van der Waals surface area (Å²) in [6.45, 7) is 1.27. The molecule has 0 radical (unpaired) electrons. The number of nitrogens with one attached hydrogen (secondary N) is 2. The molecule has 1 aliphatic rings. The summed E-state index contributed by atoms with van der Waals surface area (Å²) in [6.07, 6.45) is 1.05. The minimum absolute atomic E-state index is 0.0692. The summed E-state index contributed by atoms with van der Waals surface area (Å²) < 4.78 is 0. The molecule has 7 nitrogen and oxygen atoms in total. The van der Waals surface area contributed by atoms with Crippen molar-refractivity contribution >= 4 is 17.6 Å². The Morgan fingerprint density at radius 2 is 2.00 bits per heavy atom. The van der Waals surface area contributed by atoms with Gasteiger partial charge in [-0.15, -0.1) is 0 Å². The third kappa shape index (κ3) is 4.92. The second kappa shape index (κ2) is 7.65. The van der Waals surface area contributed by atoms with Gasteiger partial charge in [0, 0.05) is 25.3 Å². The van der Waals surface area contributed by atoms with E-state index < -0.39 is 12.1 Å². The zero-order valence-corrected chi connectivity index (χ0v) is 12.4. The zero-order chi connectivity index (χ0) is 15.9. The molecule has 7 heteroatoms. The molecule has 5 N–H and O–H groups in total. The molecule has 1 aromatic carbocycles. The molecule has 0 spiro atoms. The number of nitrogens with zero attached hydrogens (tertiary/aromatic N) is 1. The fourth-order valence-corrected chi connectivity index (χ4v) is 2.33. The van der Waals surface area contributed by atoms with Gasteiger partial charge in [-0.3, -0.25) is 4.79 Å². The molecule has 1 saturated heterocycles. The third-order valence-corrected chi connectivity index (χ3v) is 3.58. The van der Waals surface area contributed by atoms with Crippen LogP contribution in [0.3, 0.4) is 0 Å². The molecule has 1 heterocycles. The van der Waals surface area contributed by atoms with Crippen LogP contribution in [0, 0.1) is 0 Å². The van der Waals surface area contributed by atoms with Crippen LogP contribution in [0.15, 0.2) is 24.3 Å². The van der Waals surface area contributed by atoms with E-state index in [0.717, 1.165) is 18.4 Å². The Bertz CT molecular complexity index is 518. The van der Waals surface area contributed by atoms with E-state index in [9.17, 15) is 14.7 Å². The number of aliphatic hydroxyl groups is 1. The Balaban J connectivity index is 1.68. The van der Waals surface area contributed by atoms with Crippen LogP contribution >= 0.6 is 0 Å². The van der Waals surface area contributed by atoms with Crippen LogP contribution in [0.25, 0.3) is 0 Å². The molecule has 3 amide bonds. The van der Waals surface area contributed by atoms with Crippen molar-refractivity contribution in [3.63, 3.8) is 0 Å². The Morgan fingerprint density at radius 3 is 2.68 bits per heavy atom. The normalized spacial score (nSPS) is 17.9. The topological polar surface area (TPSA) is 108 Å². The smallest absolute Gasteiger partial charge is 0.315 e. The van der Waals surface area contributed by atoms with Crippen LogP contribution in [0.5, 0.6) is 0 Å². The number of anilines is 1. The lowest BCUT2D eigenvalue weighted by Crippen LogP contribution is -2.48. The van der Waals surface area contributed by atoms with Crippen LogP contribution in [-0.2, 0) is 11.3 Å². The van der Waals surface area contributed by atoms with Crippen LogP contribution in [0.1, 0.15) is 18.4 Å². The average molecular weight is 306 g/mol. The second-order valence-electron chi connectivity index (χ2n) is 5.41. The Labute approximate surface area is 129 Å². The Morgan fingerprint density at radius 1 is 1.27 bits per heavy atom.